The molecule has 24 heavy (non-hydrogen) atoms. The van der Waals surface area contributed by atoms with Gasteiger partial charge in [-0.2, -0.15) is 0 Å². The van der Waals surface area contributed by atoms with Gasteiger partial charge in [0.05, 0.1) is 15.5 Å². The number of rotatable bonds is 6. The smallest absolute Gasteiger partial charge is 0.267 e. The fourth-order valence-electron chi connectivity index (χ4n) is 2.38. The molecule has 0 spiro atoms. The first-order valence-electron chi connectivity index (χ1n) is 7.64. The molecule has 0 saturated heterocycles. The van der Waals surface area contributed by atoms with Crippen molar-refractivity contribution in [2.75, 3.05) is 10.8 Å². The van der Waals surface area contributed by atoms with Gasteiger partial charge in [-0.05, 0) is 42.7 Å². The van der Waals surface area contributed by atoms with E-state index in [1.54, 1.807) is 19.1 Å². The summed E-state index contributed by atoms with van der Waals surface area (Å²) in [5.41, 5.74) is 1.56. The Labute approximate surface area is 141 Å². The normalized spacial score (nSPS) is 11.5. The summed E-state index contributed by atoms with van der Waals surface area (Å²) in [6.07, 6.45) is 0. The van der Waals surface area contributed by atoms with E-state index in [4.69, 9.17) is 0 Å². The van der Waals surface area contributed by atoms with Crippen molar-refractivity contribution >= 4 is 21.4 Å². The average molecular weight is 348 g/mol. The molecule has 0 saturated carbocycles. The summed E-state index contributed by atoms with van der Waals surface area (Å²) >= 11 is 0. The summed E-state index contributed by atoms with van der Waals surface area (Å²) in [7, 11) is -3.77. The van der Waals surface area contributed by atoms with Gasteiger partial charge in [0.15, 0.2) is 0 Å². The second-order valence-electron chi connectivity index (χ2n) is 5.67. The molecule has 0 aliphatic heterocycles. The molecule has 0 atom stereocenters. The van der Waals surface area contributed by atoms with Gasteiger partial charge in [0.25, 0.3) is 15.7 Å². The van der Waals surface area contributed by atoms with E-state index in [0.29, 0.717) is 11.6 Å². The first-order valence-corrected chi connectivity index (χ1v) is 9.08. The maximum absolute atomic E-state index is 12.8. The topological polar surface area (TPSA) is 80.5 Å². The fraction of sp³-hybridized carbons (Fsp3) is 0.294. The molecular weight excluding hydrogens is 328 g/mol. The summed E-state index contributed by atoms with van der Waals surface area (Å²) in [6, 6.07) is 12.3. The molecule has 0 amide bonds. The van der Waals surface area contributed by atoms with Crippen LogP contribution in [0.3, 0.4) is 0 Å². The summed E-state index contributed by atoms with van der Waals surface area (Å²) in [4.78, 5) is 10.2. The standard InChI is InChI=1S/C17H20N2O4S/c1-4-18(15-7-5-14(6-8-15)13(2)3)24(22,23)17-11-9-16(10-12-17)19(20)21/h5-13H,4H2,1-3H3. The number of non-ortho nitro benzene ring substituents is 1. The van der Waals surface area contributed by atoms with Crippen LogP contribution in [0.4, 0.5) is 11.4 Å². The number of benzene rings is 2. The highest BCUT2D eigenvalue weighted by atomic mass is 32.2. The van der Waals surface area contributed by atoms with Crippen LogP contribution in [0.1, 0.15) is 32.3 Å². The number of hydrogen-bond acceptors (Lipinski definition) is 4. The molecular formula is C17H20N2O4S. The van der Waals surface area contributed by atoms with Crippen molar-refractivity contribution in [1.82, 2.24) is 0 Å². The van der Waals surface area contributed by atoms with Crippen molar-refractivity contribution < 1.29 is 13.3 Å². The molecule has 0 radical (unpaired) electrons. The number of hydrogen-bond donors (Lipinski definition) is 0. The molecule has 2 rings (SSSR count). The Morgan fingerprint density at radius 3 is 2.00 bits per heavy atom. The zero-order valence-electron chi connectivity index (χ0n) is 13.8. The first-order chi connectivity index (χ1) is 11.3. The molecule has 2 aromatic rings. The minimum absolute atomic E-state index is 0.0305. The predicted molar refractivity (Wildman–Crippen MR) is 93.8 cm³/mol. The van der Waals surface area contributed by atoms with Crippen LogP contribution in [0.15, 0.2) is 53.4 Å². The van der Waals surface area contributed by atoms with Gasteiger partial charge in [-0.1, -0.05) is 26.0 Å². The summed E-state index contributed by atoms with van der Waals surface area (Å²) < 4.78 is 26.9. The van der Waals surface area contributed by atoms with Crippen molar-refractivity contribution in [3.8, 4) is 0 Å². The van der Waals surface area contributed by atoms with Crippen LogP contribution >= 0.6 is 0 Å². The third-order valence-corrected chi connectivity index (χ3v) is 5.69. The molecule has 128 valence electrons. The second kappa shape index (κ2) is 7.00. The molecule has 0 aliphatic rings. The van der Waals surface area contributed by atoms with Crippen LogP contribution in [0.2, 0.25) is 0 Å². The molecule has 0 fully saturated rings. The van der Waals surface area contributed by atoms with Crippen molar-refractivity contribution in [1.29, 1.82) is 0 Å². The van der Waals surface area contributed by atoms with Crippen LogP contribution in [0.5, 0.6) is 0 Å². The van der Waals surface area contributed by atoms with E-state index in [9.17, 15) is 18.5 Å². The van der Waals surface area contributed by atoms with Crippen molar-refractivity contribution in [3.05, 3.63) is 64.2 Å². The predicted octanol–water partition coefficient (Wildman–Crippen LogP) is 3.93. The maximum Gasteiger partial charge on any atom is 0.269 e. The monoisotopic (exact) mass is 348 g/mol. The van der Waals surface area contributed by atoms with E-state index >= 15 is 0 Å². The van der Waals surface area contributed by atoms with E-state index in [1.807, 2.05) is 12.1 Å². The van der Waals surface area contributed by atoms with Crippen LogP contribution < -0.4 is 4.31 Å². The fourth-order valence-corrected chi connectivity index (χ4v) is 3.86. The lowest BCUT2D eigenvalue weighted by atomic mass is 10.0. The maximum atomic E-state index is 12.8. The van der Waals surface area contributed by atoms with Gasteiger partial charge >= 0.3 is 0 Å². The number of nitrogens with zero attached hydrogens (tertiary/aromatic N) is 2. The molecule has 0 unspecified atom stereocenters. The summed E-state index contributed by atoms with van der Waals surface area (Å²) in [5, 5.41) is 10.7. The minimum Gasteiger partial charge on any atom is -0.267 e. The molecule has 0 bridgehead atoms. The zero-order valence-corrected chi connectivity index (χ0v) is 14.7. The molecule has 0 aliphatic carbocycles. The summed E-state index contributed by atoms with van der Waals surface area (Å²) in [5.74, 6) is 0.361. The molecule has 0 aromatic heterocycles. The molecule has 0 heterocycles. The SMILES string of the molecule is CCN(c1ccc(C(C)C)cc1)S(=O)(=O)c1ccc([N+](=O)[O-])cc1. The van der Waals surface area contributed by atoms with Crippen LogP contribution in [0, 0.1) is 10.1 Å². The lowest BCUT2D eigenvalue weighted by molar-refractivity contribution is -0.384. The van der Waals surface area contributed by atoms with Gasteiger partial charge < -0.3 is 0 Å². The lowest BCUT2D eigenvalue weighted by Gasteiger charge is -2.23. The van der Waals surface area contributed by atoms with Crippen molar-refractivity contribution in [2.45, 2.75) is 31.6 Å². The Kier molecular flexibility index (Phi) is 5.23. The summed E-state index contributed by atoms with van der Waals surface area (Å²) in [6.45, 7) is 6.15. The highest BCUT2D eigenvalue weighted by Crippen LogP contribution is 2.26. The Morgan fingerprint density at radius 1 is 1.04 bits per heavy atom. The first kappa shape index (κ1) is 17.9. The molecule has 6 nitrogen and oxygen atoms in total. The highest BCUT2D eigenvalue weighted by molar-refractivity contribution is 7.92. The Morgan fingerprint density at radius 2 is 1.58 bits per heavy atom. The van der Waals surface area contributed by atoms with Gasteiger partial charge in [-0.25, -0.2) is 8.42 Å². The largest absolute Gasteiger partial charge is 0.269 e. The quantitative estimate of drug-likeness (QED) is 0.585. The highest BCUT2D eigenvalue weighted by Gasteiger charge is 2.24. The molecule has 2 aromatic carbocycles. The lowest BCUT2D eigenvalue weighted by Crippen LogP contribution is -2.30. The molecule has 7 heteroatoms. The van der Waals surface area contributed by atoms with Crippen LogP contribution in [0.25, 0.3) is 0 Å². The molecule has 0 N–H and O–H groups in total. The number of anilines is 1. The average Bonchev–Trinajstić information content (AvgIpc) is 2.55. The van der Waals surface area contributed by atoms with Crippen LogP contribution in [-0.4, -0.2) is 19.9 Å². The number of nitro groups is 1. The van der Waals surface area contributed by atoms with Gasteiger partial charge in [0, 0.05) is 18.7 Å². The Balaban J connectivity index is 2.38. The number of sulfonamides is 1. The zero-order chi connectivity index (χ0) is 17.9. The van der Waals surface area contributed by atoms with Crippen molar-refractivity contribution in [3.63, 3.8) is 0 Å². The van der Waals surface area contributed by atoms with Gasteiger partial charge in [-0.3, -0.25) is 14.4 Å². The third kappa shape index (κ3) is 3.56. The van der Waals surface area contributed by atoms with E-state index in [-0.39, 0.29) is 17.1 Å². The Bertz CT molecular complexity index is 813. The van der Waals surface area contributed by atoms with E-state index in [2.05, 4.69) is 13.8 Å². The van der Waals surface area contributed by atoms with Crippen LogP contribution in [-0.2, 0) is 10.0 Å². The van der Waals surface area contributed by atoms with E-state index in [0.717, 1.165) is 5.56 Å². The van der Waals surface area contributed by atoms with E-state index < -0.39 is 14.9 Å². The van der Waals surface area contributed by atoms with Crippen molar-refractivity contribution in [2.24, 2.45) is 0 Å². The second-order valence-corrected chi connectivity index (χ2v) is 7.53. The minimum atomic E-state index is -3.77. The number of nitro benzene ring substituents is 1. The third-order valence-electron chi connectivity index (χ3n) is 3.77. The van der Waals surface area contributed by atoms with Gasteiger partial charge in [0.2, 0.25) is 0 Å². The Hall–Kier alpha value is -2.41. The van der Waals surface area contributed by atoms with Gasteiger partial charge in [0.1, 0.15) is 0 Å². The van der Waals surface area contributed by atoms with E-state index in [1.165, 1.54) is 28.6 Å². The van der Waals surface area contributed by atoms with Gasteiger partial charge in [-0.15, -0.1) is 0 Å².